The maximum atomic E-state index is 13.5. The van der Waals surface area contributed by atoms with Crippen LogP contribution in [0, 0.1) is 13.8 Å². The number of benzene rings is 3. The fourth-order valence-electron chi connectivity index (χ4n) is 3.21. The van der Waals surface area contributed by atoms with Gasteiger partial charge in [0.15, 0.2) is 5.17 Å². The van der Waals surface area contributed by atoms with Crippen LogP contribution in [-0.2, 0) is 4.79 Å². The van der Waals surface area contributed by atoms with Crippen molar-refractivity contribution in [2.45, 2.75) is 13.8 Å². The van der Waals surface area contributed by atoms with Gasteiger partial charge in [0, 0.05) is 0 Å². The summed E-state index contributed by atoms with van der Waals surface area (Å²) in [7, 11) is 1.62. The number of hydrogen-bond acceptors (Lipinski definition) is 4. The second-order valence-electron chi connectivity index (χ2n) is 7.33. The number of aryl methyl sites for hydroxylation is 2. The van der Waals surface area contributed by atoms with E-state index < -0.39 is 0 Å². The quantitative estimate of drug-likeness (QED) is 0.302. The van der Waals surface area contributed by atoms with Crippen LogP contribution >= 0.6 is 43.6 Å². The Morgan fingerprint density at radius 3 is 2.06 bits per heavy atom. The third kappa shape index (κ3) is 4.85. The molecule has 7 heteroatoms. The van der Waals surface area contributed by atoms with Gasteiger partial charge in [0.1, 0.15) is 5.75 Å². The number of hydrogen-bond donors (Lipinski definition) is 0. The van der Waals surface area contributed by atoms with Gasteiger partial charge in [0.25, 0.3) is 5.91 Å². The molecule has 0 bridgehead atoms. The van der Waals surface area contributed by atoms with Gasteiger partial charge in [0.05, 0.1) is 32.3 Å². The number of rotatable bonds is 4. The summed E-state index contributed by atoms with van der Waals surface area (Å²) in [5.74, 6) is 0.605. The summed E-state index contributed by atoms with van der Waals surface area (Å²) >= 11 is 8.43. The van der Waals surface area contributed by atoms with E-state index >= 15 is 0 Å². The van der Waals surface area contributed by atoms with E-state index in [0.717, 1.165) is 37.0 Å². The Balaban J connectivity index is 1.77. The summed E-state index contributed by atoms with van der Waals surface area (Å²) < 4.78 is 7.00. The number of carbonyl (C=O) groups is 1. The highest BCUT2D eigenvalue weighted by atomic mass is 79.9. The number of amides is 1. The number of methoxy groups -OCH3 is 1. The molecular weight excluding hydrogens is 552 g/mol. The highest BCUT2D eigenvalue weighted by molar-refractivity contribution is 9.11. The number of aliphatic imine (C=N–C) groups is 1. The zero-order valence-electron chi connectivity index (χ0n) is 17.7. The largest absolute Gasteiger partial charge is 0.494 e. The fourth-order valence-corrected chi connectivity index (χ4v) is 5.76. The van der Waals surface area contributed by atoms with Crippen molar-refractivity contribution >= 4 is 72.1 Å². The minimum absolute atomic E-state index is 0.104. The van der Waals surface area contributed by atoms with Gasteiger partial charge in [-0.25, -0.2) is 4.99 Å². The average Bonchev–Trinajstić information content (AvgIpc) is 3.05. The van der Waals surface area contributed by atoms with Gasteiger partial charge >= 0.3 is 0 Å². The molecule has 4 nitrogen and oxygen atoms in total. The molecule has 0 aromatic heterocycles. The molecule has 0 atom stereocenters. The van der Waals surface area contributed by atoms with Crippen LogP contribution in [0.15, 0.2) is 79.5 Å². The van der Waals surface area contributed by atoms with Crippen LogP contribution in [0.3, 0.4) is 0 Å². The van der Waals surface area contributed by atoms with E-state index in [2.05, 4.69) is 31.9 Å². The second-order valence-corrected chi connectivity index (χ2v) is 10.1. The molecule has 0 N–H and O–H groups in total. The van der Waals surface area contributed by atoms with Crippen LogP contribution in [0.5, 0.6) is 5.75 Å². The molecule has 0 radical (unpaired) electrons. The molecule has 1 fully saturated rings. The number of amidine groups is 1. The van der Waals surface area contributed by atoms with Gasteiger partial charge in [-0.15, -0.1) is 0 Å². The van der Waals surface area contributed by atoms with Crippen LogP contribution in [0.4, 0.5) is 11.4 Å². The van der Waals surface area contributed by atoms with Crippen LogP contribution in [0.2, 0.25) is 0 Å². The molecular formula is C25H20Br2N2O2S. The molecule has 0 saturated carbocycles. The van der Waals surface area contributed by atoms with Gasteiger partial charge in [-0.3, -0.25) is 9.69 Å². The molecule has 1 amide bonds. The summed E-state index contributed by atoms with van der Waals surface area (Å²) in [6, 6.07) is 19.7. The van der Waals surface area contributed by atoms with Crippen molar-refractivity contribution in [1.82, 2.24) is 0 Å². The second kappa shape index (κ2) is 9.65. The van der Waals surface area contributed by atoms with Crippen LogP contribution in [0.25, 0.3) is 6.08 Å². The van der Waals surface area contributed by atoms with Gasteiger partial charge < -0.3 is 4.74 Å². The van der Waals surface area contributed by atoms with Crippen molar-refractivity contribution in [1.29, 1.82) is 0 Å². The molecule has 1 aliphatic rings. The molecule has 0 unspecified atom stereocenters. The Labute approximate surface area is 208 Å². The van der Waals surface area contributed by atoms with Crippen molar-refractivity contribution < 1.29 is 9.53 Å². The van der Waals surface area contributed by atoms with Gasteiger partial charge in [-0.05, 0) is 106 Å². The molecule has 1 saturated heterocycles. The first kappa shape index (κ1) is 22.8. The Morgan fingerprint density at radius 2 is 1.50 bits per heavy atom. The summed E-state index contributed by atoms with van der Waals surface area (Å²) in [6.45, 7) is 4.06. The molecule has 1 heterocycles. The van der Waals surface area contributed by atoms with Crippen molar-refractivity contribution in [3.63, 3.8) is 0 Å². The summed E-state index contributed by atoms with van der Waals surface area (Å²) in [5, 5.41) is 0.626. The van der Waals surface area contributed by atoms with Crippen molar-refractivity contribution in [2.75, 3.05) is 12.0 Å². The summed E-state index contributed by atoms with van der Waals surface area (Å²) in [6.07, 6.45) is 1.88. The van der Waals surface area contributed by atoms with Crippen molar-refractivity contribution in [2.24, 2.45) is 4.99 Å². The van der Waals surface area contributed by atoms with E-state index in [1.165, 1.54) is 11.8 Å². The van der Waals surface area contributed by atoms with Crippen LogP contribution in [0.1, 0.15) is 16.7 Å². The average molecular weight is 572 g/mol. The number of carbonyl (C=O) groups excluding carboxylic acids is 1. The first-order valence-corrected chi connectivity index (χ1v) is 12.2. The predicted molar refractivity (Wildman–Crippen MR) is 141 cm³/mol. The fraction of sp³-hybridized carbons (Fsp3) is 0.120. The van der Waals surface area contributed by atoms with E-state index in [4.69, 9.17) is 9.73 Å². The molecule has 3 aromatic carbocycles. The lowest BCUT2D eigenvalue weighted by molar-refractivity contribution is -0.113. The van der Waals surface area contributed by atoms with E-state index in [0.29, 0.717) is 15.8 Å². The Hall–Kier alpha value is -2.35. The zero-order valence-corrected chi connectivity index (χ0v) is 21.7. The van der Waals surface area contributed by atoms with Gasteiger partial charge in [0.2, 0.25) is 0 Å². The lowest BCUT2D eigenvalue weighted by Crippen LogP contribution is -2.28. The van der Waals surface area contributed by atoms with Crippen molar-refractivity contribution in [3.8, 4) is 5.75 Å². The number of ether oxygens (including phenoxy) is 1. The molecule has 0 spiro atoms. The minimum atomic E-state index is -0.104. The first-order chi connectivity index (χ1) is 15.4. The van der Waals surface area contributed by atoms with Gasteiger partial charge in [-0.1, -0.05) is 35.4 Å². The Bertz CT molecular complexity index is 1210. The van der Waals surface area contributed by atoms with E-state index in [1.54, 1.807) is 12.0 Å². The van der Waals surface area contributed by atoms with Gasteiger partial charge in [-0.2, -0.15) is 0 Å². The molecule has 162 valence electrons. The van der Waals surface area contributed by atoms with Crippen LogP contribution in [-0.4, -0.2) is 18.2 Å². The standard InChI is InChI=1S/C25H20Br2N2O2S/c1-15-4-8-18(9-5-15)28-25-29(19-10-6-16(2)7-11-19)24(30)22(32-25)14-17-12-20(26)23(31-3)21(27)13-17/h4-14H,1-3H3/b22-14+,28-25?. The zero-order chi connectivity index (χ0) is 22.8. The SMILES string of the molecule is COc1c(Br)cc(/C=C2/SC(=Nc3ccc(C)cc3)N(c3ccc(C)cc3)C2=O)cc1Br. The highest BCUT2D eigenvalue weighted by Crippen LogP contribution is 2.39. The number of anilines is 1. The number of halogens is 2. The molecule has 3 aromatic rings. The smallest absolute Gasteiger partial charge is 0.271 e. The predicted octanol–water partition coefficient (Wildman–Crippen LogP) is 7.65. The van der Waals surface area contributed by atoms with E-state index in [-0.39, 0.29) is 5.91 Å². The Morgan fingerprint density at radius 1 is 0.938 bits per heavy atom. The Kier molecular flexibility index (Phi) is 6.88. The lowest BCUT2D eigenvalue weighted by atomic mass is 10.2. The molecule has 1 aliphatic heterocycles. The maximum Gasteiger partial charge on any atom is 0.271 e. The van der Waals surface area contributed by atoms with Crippen molar-refractivity contribution in [3.05, 3.63) is 91.2 Å². The topological polar surface area (TPSA) is 41.9 Å². The minimum Gasteiger partial charge on any atom is -0.494 e. The summed E-state index contributed by atoms with van der Waals surface area (Å²) in [5.41, 5.74) is 4.77. The van der Waals surface area contributed by atoms with Crippen LogP contribution < -0.4 is 9.64 Å². The number of thioether (sulfide) groups is 1. The van der Waals surface area contributed by atoms with E-state index in [9.17, 15) is 4.79 Å². The normalized spacial score (nSPS) is 16.3. The molecule has 0 aliphatic carbocycles. The third-order valence-electron chi connectivity index (χ3n) is 4.88. The number of nitrogens with zero attached hydrogens (tertiary/aromatic N) is 2. The third-order valence-corrected chi connectivity index (χ3v) is 7.03. The highest BCUT2D eigenvalue weighted by Gasteiger charge is 2.34. The van der Waals surface area contributed by atoms with E-state index in [1.807, 2.05) is 80.6 Å². The molecule has 32 heavy (non-hydrogen) atoms. The summed E-state index contributed by atoms with van der Waals surface area (Å²) in [4.78, 5) is 20.5. The molecule has 4 rings (SSSR count). The first-order valence-electron chi connectivity index (χ1n) is 9.85. The maximum absolute atomic E-state index is 13.5. The lowest BCUT2D eigenvalue weighted by Gasteiger charge is -2.16. The monoisotopic (exact) mass is 570 g/mol.